The molecule has 0 aromatic heterocycles. The van der Waals surface area contributed by atoms with Gasteiger partial charge in [-0.3, -0.25) is 13.9 Å². The third kappa shape index (κ3) is 9.17. The minimum Gasteiger partial charge on any atom is -0.354 e. The van der Waals surface area contributed by atoms with E-state index in [1.54, 1.807) is 29.2 Å². The number of hydrogen-bond donors (Lipinski definition) is 1. The molecule has 0 fully saturated rings. The Morgan fingerprint density at radius 2 is 1.68 bits per heavy atom. The normalized spacial score (nSPS) is 12.3. The monoisotopic (exact) mass is 583 g/mol. The van der Waals surface area contributed by atoms with Crippen molar-refractivity contribution < 1.29 is 18.0 Å². The Morgan fingerprint density at radius 1 is 1.00 bits per heavy atom. The van der Waals surface area contributed by atoms with Crippen molar-refractivity contribution >= 4 is 50.7 Å². The number of aryl methyl sites for hydroxylation is 2. The van der Waals surface area contributed by atoms with Gasteiger partial charge < -0.3 is 10.2 Å². The van der Waals surface area contributed by atoms with Gasteiger partial charge in [-0.05, 0) is 73.6 Å². The molecule has 0 saturated carbocycles. The van der Waals surface area contributed by atoms with E-state index in [1.807, 2.05) is 46.8 Å². The standard InChI is InChI=1S/C28H39Cl2N3O4S/c1-7-26(28(35)31-17-19(2)3)32(18-22-11-13-24(29)25(30)16-22)27(34)9-8-14-33(38(6,36)37)23-12-10-20(4)21(5)15-23/h10-13,15-16,19,26H,7-9,14,17-18H2,1-6H3,(H,31,35)/t26-/m0/s1. The van der Waals surface area contributed by atoms with E-state index in [9.17, 15) is 18.0 Å². The minimum absolute atomic E-state index is 0.0755. The van der Waals surface area contributed by atoms with Crippen molar-refractivity contribution in [2.45, 2.75) is 66.5 Å². The molecule has 0 spiro atoms. The summed E-state index contributed by atoms with van der Waals surface area (Å²) < 4.78 is 26.4. The molecule has 0 saturated heterocycles. The lowest BCUT2D eigenvalue weighted by Gasteiger charge is -2.31. The summed E-state index contributed by atoms with van der Waals surface area (Å²) in [6.07, 6.45) is 1.95. The van der Waals surface area contributed by atoms with Crippen molar-refractivity contribution in [1.82, 2.24) is 10.2 Å². The highest BCUT2D eigenvalue weighted by Gasteiger charge is 2.29. The molecule has 1 atom stereocenters. The number of sulfonamides is 1. The van der Waals surface area contributed by atoms with E-state index >= 15 is 0 Å². The van der Waals surface area contributed by atoms with Gasteiger partial charge in [-0.2, -0.15) is 0 Å². The maximum Gasteiger partial charge on any atom is 0.242 e. The molecule has 2 aromatic rings. The van der Waals surface area contributed by atoms with Crippen molar-refractivity contribution in [3.8, 4) is 0 Å². The second kappa shape index (κ2) is 14.2. The van der Waals surface area contributed by atoms with Crippen LogP contribution in [0.5, 0.6) is 0 Å². The van der Waals surface area contributed by atoms with Gasteiger partial charge >= 0.3 is 0 Å². The molecule has 0 bridgehead atoms. The van der Waals surface area contributed by atoms with Gasteiger partial charge in [0.25, 0.3) is 0 Å². The number of carbonyl (C=O) groups excluding carboxylic acids is 2. The summed E-state index contributed by atoms with van der Waals surface area (Å²) in [4.78, 5) is 28.1. The highest BCUT2D eigenvalue weighted by atomic mass is 35.5. The van der Waals surface area contributed by atoms with Crippen LogP contribution in [0.1, 0.15) is 56.7 Å². The SMILES string of the molecule is CC[C@@H](C(=O)NCC(C)C)N(Cc1ccc(Cl)c(Cl)c1)C(=O)CCCN(c1ccc(C)c(C)c1)S(C)(=O)=O. The van der Waals surface area contributed by atoms with E-state index < -0.39 is 16.1 Å². The third-order valence-electron chi connectivity index (χ3n) is 6.34. The molecule has 2 amide bonds. The molecular weight excluding hydrogens is 545 g/mol. The zero-order valence-electron chi connectivity index (χ0n) is 23.1. The summed E-state index contributed by atoms with van der Waals surface area (Å²) in [6, 6.07) is 9.94. The second-order valence-corrected chi connectivity index (χ2v) is 12.8. The van der Waals surface area contributed by atoms with Gasteiger partial charge in [0.1, 0.15) is 6.04 Å². The first-order chi connectivity index (χ1) is 17.7. The number of anilines is 1. The van der Waals surface area contributed by atoms with E-state index in [0.717, 1.165) is 22.9 Å². The molecule has 38 heavy (non-hydrogen) atoms. The topological polar surface area (TPSA) is 86.8 Å². The fourth-order valence-electron chi connectivity index (χ4n) is 4.06. The zero-order valence-corrected chi connectivity index (χ0v) is 25.4. The molecule has 1 N–H and O–H groups in total. The summed E-state index contributed by atoms with van der Waals surface area (Å²) in [6.45, 7) is 10.6. The fourth-order valence-corrected chi connectivity index (χ4v) is 5.34. The van der Waals surface area contributed by atoms with E-state index in [0.29, 0.717) is 35.1 Å². The number of hydrogen-bond acceptors (Lipinski definition) is 4. The van der Waals surface area contributed by atoms with Crippen LogP contribution in [0, 0.1) is 19.8 Å². The maximum atomic E-state index is 13.5. The number of nitrogens with zero attached hydrogens (tertiary/aromatic N) is 2. The molecule has 0 radical (unpaired) electrons. The molecular formula is C28H39Cl2N3O4S. The summed E-state index contributed by atoms with van der Waals surface area (Å²) in [5.74, 6) is -0.193. The first kappa shape index (κ1) is 31.9. The molecule has 2 rings (SSSR count). The molecule has 2 aromatic carbocycles. The number of carbonyl (C=O) groups is 2. The van der Waals surface area contributed by atoms with Crippen LogP contribution in [-0.2, 0) is 26.2 Å². The largest absolute Gasteiger partial charge is 0.354 e. The Labute approximate surface area is 237 Å². The molecule has 0 unspecified atom stereocenters. The third-order valence-corrected chi connectivity index (χ3v) is 8.27. The van der Waals surface area contributed by atoms with Crippen molar-refractivity contribution in [2.24, 2.45) is 5.92 Å². The van der Waals surface area contributed by atoms with E-state index in [4.69, 9.17) is 23.2 Å². The van der Waals surface area contributed by atoms with E-state index in [-0.39, 0.29) is 37.2 Å². The van der Waals surface area contributed by atoms with Crippen LogP contribution in [0.25, 0.3) is 0 Å². The quantitative estimate of drug-likeness (QED) is 0.326. The Morgan fingerprint density at radius 3 is 2.24 bits per heavy atom. The Kier molecular flexibility index (Phi) is 11.9. The van der Waals surface area contributed by atoms with Crippen LogP contribution in [0.2, 0.25) is 10.0 Å². The lowest BCUT2D eigenvalue weighted by Crippen LogP contribution is -2.49. The van der Waals surface area contributed by atoms with Crippen molar-refractivity contribution in [3.05, 3.63) is 63.1 Å². The smallest absolute Gasteiger partial charge is 0.242 e. The van der Waals surface area contributed by atoms with E-state index in [2.05, 4.69) is 5.32 Å². The molecule has 7 nitrogen and oxygen atoms in total. The first-order valence-corrected chi connectivity index (χ1v) is 15.4. The molecule has 10 heteroatoms. The summed E-state index contributed by atoms with van der Waals surface area (Å²) in [7, 11) is -3.56. The van der Waals surface area contributed by atoms with Crippen molar-refractivity contribution in [1.29, 1.82) is 0 Å². The van der Waals surface area contributed by atoms with Crippen LogP contribution in [0.3, 0.4) is 0 Å². The fraction of sp³-hybridized carbons (Fsp3) is 0.500. The van der Waals surface area contributed by atoms with Gasteiger partial charge in [0.05, 0.1) is 22.0 Å². The van der Waals surface area contributed by atoms with Gasteiger partial charge in [-0.15, -0.1) is 0 Å². The molecule has 0 aliphatic heterocycles. The maximum absolute atomic E-state index is 13.5. The highest BCUT2D eigenvalue weighted by molar-refractivity contribution is 7.92. The van der Waals surface area contributed by atoms with E-state index in [1.165, 1.54) is 4.31 Å². The van der Waals surface area contributed by atoms with Crippen LogP contribution in [0.4, 0.5) is 5.69 Å². The van der Waals surface area contributed by atoms with Crippen LogP contribution in [-0.4, -0.2) is 50.5 Å². The number of nitrogens with one attached hydrogen (secondary N) is 1. The average molecular weight is 585 g/mol. The summed E-state index contributed by atoms with van der Waals surface area (Å²) >= 11 is 12.3. The van der Waals surface area contributed by atoms with Crippen LogP contribution < -0.4 is 9.62 Å². The lowest BCUT2D eigenvalue weighted by atomic mass is 10.1. The van der Waals surface area contributed by atoms with Crippen LogP contribution in [0.15, 0.2) is 36.4 Å². The van der Waals surface area contributed by atoms with Gasteiger partial charge in [0.15, 0.2) is 0 Å². The predicted molar refractivity (Wildman–Crippen MR) is 156 cm³/mol. The Balaban J connectivity index is 2.25. The lowest BCUT2D eigenvalue weighted by molar-refractivity contribution is -0.141. The Hall–Kier alpha value is -2.29. The zero-order chi connectivity index (χ0) is 28.6. The van der Waals surface area contributed by atoms with Gasteiger partial charge in [-0.25, -0.2) is 8.42 Å². The number of amides is 2. The highest BCUT2D eigenvalue weighted by Crippen LogP contribution is 2.25. The second-order valence-electron chi connectivity index (χ2n) is 10.0. The first-order valence-electron chi connectivity index (χ1n) is 12.8. The van der Waals surface area contributed by atoms with Gasteiger partial charge in [-0.1, -0.05) is 56.1 Å². The van der Waals surface area contributed by atoms with Gasteiger partial charge in [0, 0.05) is 26.1 Å². The predicted octanol–water partition coefficient (Wildman–Crippen LogP) is 5.74. The molecule has 210 valence electrons. The van der Waals surface area contributed by atoms with Crippen molar-refractivity contribution in [2.75, 3.05) is 23.7 Å². The molecule has 0 heterocycles. The minimum atomic E-state index is -3.56. The van der Waals surface area contributed by atoms with Gasteiger partial charge in [0.2, 0.25) is 21.8 Å². The number of rotatable bonds is 13. The summed E-state index contributed by atoms with van der Waals surface area (Å²) in [5, 5.41) is 3.70. The molecule has 0 aliphatic carbocycles. The number of halogens is 2. The van der Waals surface area contributed by atoms with Crippen molar-refractivity contribution in [3.63, 3.8) is 0 Å². The Bertz CT molecular complexity index is 1230. The average Bonchev–Trinajstić information content (AvgIpc) is 2.83. The van der Waals surface area contributed by atoms with Crippen LogP contribution >= 0.6 is 23.2 Å². The summed E-state index contributed by atoms with van der Waals surface area (Å²) in [5.41, 5.74) is 3.36. The molecule has 0 aliphatic rings. The number of benzene rings is 2.